The third-order valence-corrected chi connectivity index (χ3v) is 3.74. The van der Waals surface area contributed by atoms with E-state index in [9.17, 15) is 19.2 Å². The summed E-state index contributed by atoms with van der Waals surface area (Å²) >= 11 is 0. The van der Waals surface area contributed by atoms with Gasteiger partial charge in [0.05, 0.1) is 23.7 Å². The maximum Gasteiger partial charge on any atom is 0.307 e. The first-order chi connectivity index (χ1) is 8.29. The Labute approximate surface area is 99.8 Å². The van der Waals surface area contributed by atoms with Crippen LogP contribution in [0.5, 0.6) is 0 Å². The Morgan fingerprint density at radius 1 is 0.500 bits per heavy atom. The predicted octanol–water partition coefficient (Wildman–Crippen LogP) is -0.951. The van der Waals surface area contributed by atoms with Crippen LogP contribution in [0, 0.1) is 35.5 Å². The number of rotatable bonds is 5. The molecule has 2 aliphatic rings. The number of carboxylic acid groups (broad SMARTS) is 4. The summed E-state index contributed by atoms with van der Waals surface area (Å²) in [6.45, 7) is 0. The van der Waals surface area contributed by atoms with Gasteiger partial charge in [0.15, 0.2) is 0 Å². The molecule has 0 aromatic rings. The molecule has 8 nitrogen and oxygen atoms in total. The van der Waals surface area contributed by atoms with E-state index in [1.54, 1.807) is 0 Å². The average Bonchev–Trinajstić information content (AvgIpc) is 3.08. The van der Waals surface area contributed by atoms with Gasteiger partial charge in [-0.05, 0) is 11.8 Å². The second kappa shape index (κ2) is 3.69. The van der Waals surface area contributed by atoms with Gasteiger partial charge in [-0.25, -0.2) is 0 Å². The van der Waals surface area contributed by atoms with Crippen molar-refractivity contribution in [3.8, 4) is 0 Å². The molecule has 0 aromatic heterocycles. The molecular formula is C10H10O8. The topological polar surface area (TPSA) is 149 Å². The molecule has 2 saturated carbocycles. The standard InChI is InChI=1S/C10H10O8/c11-7(12)3-1(4(3)8(13)14)2-5(9(15)16)6(2)10(17)18/h1-6H,(H,11,12)(H,13,14)(H,15,16)(H,17,18)/t1?,2?,3-,4+,5-,6+. The van der Waals surface area contributed by atoms with E-state index in [0.29, 0.717) is 0 Å². The van der Waals surface area contributed by atoms with E-state index >= 15 is 0 Å². The summed E-state index contributed by atoms with van der Waals surface area (Å²) in [6, 6.07) is 0. The smallest absolute Gasteiger partial charge is 0.307 e. The van der Waals surface area contributed by atoms with Crippen LogP contribution in [0.2, 0.25) is 0 Å². The summed E-state index contributed by atoms with van der Waals surface area (Å²) in [4.78, 5) is 43.3. The number of carbonyl (C=O) groups is 4. The molecule has 0 amide bonds. The van der Waals surface area contributed by atoms with Crippen LogP contribution < -0.4 is 0 Å². The molecule has 2 rings (SSSR count). The van der Waals surface area contributed by atoms with Crippen molar-refractivity contribution in [1.82, 2.24) is 0 Å². The minimum Gasteiger partial charge on any atom is -0.481 e. The zero-order valence-corrected chi connectivity index (χ0v) is 8.89. The summed E-state index contributed by atoms with van der Waals surface area (Å²) in [5.41, 5.74) is 0. The van der Waals surface area contributed by atoms with Gasteiger partial charge in [0.25, 0.3) is 0 Å². The van der Waals surface area contributed by atoms with Crippen molar-refractivity contribution in [2.75, 3.05) is 0 Å². The van der Waals surface area contributed by atoms with Crippen LogP contribution in [0.3, 0.4) is 0 Å². The first-order valence-electron chi connectivity index (χ1n) is 5.20. The van der Waals surface area contributed by atoms with Crippen LogP contribution in [-0.4, -0.2) is 44.3 Å². The van der Waals surface area contributed by atoms with Crippen molar-refractivity contribution < 1.29 is 39.6 Å². The molecule has 0 saturated heterocycles. The molecule has 2 fully saturated rings. The molecule has 2 unspecified atom stereocenters. The van der Waals surface area contributed by atoms with Crippen molar-refractivity contribution in [3.63, 3.8) is 0 Å². The van der Waals surface area contributed by atoms with Crippen molar-refractivity contribution >= 4 is 23.9 Å². The summed E-state index contributed by atoms with van der Waals surface area (Å²) in [6.07, 6.45) is 0. The minimum atomic E-state index is -1.33. The van der Waals surface area contributed by atoms with Crippen LogP contribution in [0.1, 0.15) is 0 Å². The van der Waals surface area contributed by atoms with E-state index in [4.69, 9.17) is 20.4 Å². The maximum absolute atomic E-state index is 10.8. The number of hydrogen-bond acceptors (Lipinski definition) is 4. The molecule has 0 radical (unpaired) electrons. The van der Waals surface area contributed by atoms with Crippen LogP contribution >= 0.6 is 0 Å². The van der Waals surface area contributed by atoms with Gasteiger partial charge in [-0.2, -0.15) is 0 Å². The molecule has 0 bridgehead atoms. The van der Waals surface area contributed by atoms with Gasteiger partial charge in [0.1, 0.15) is 0 Å². The van der Waals surface area contributed by atoms with Gasteiger partial charge in [0, 0.05) is 0 Å². The minimum absolute atomic E-state index is 0.901. The van der Waals surface area contributed by atoms with Gasteiger partial charge in [-0.3, -0.25) is 19.2 Å². The highest BCUT2D eigenvalue weighted by atomic mass is 16.4. The molecule has 0 heterocycles. The number of hydrogen-bond donors (Lipinski definition) is 4. The van der Waals surface area contributed by atoms with Gasteiger partial charge in [-0.15, -0.1) is 0 Å². The summed E-state index contributed by atoms with van der Waals surface area (Å²) < 4.78 is 0. The van der Waals surface area contributed by atoms with E-state index in [1.807, 2.05) is 0 Å². The monoisotopic (exact) mass is 258 g/mol. The van der Waals surface area contributed by atoms with Crippen LogP contribution in [0.25, 0.3) is 0 Å². The van der Waals surface area contributed by atoms with Crippen molar-refractivity contribution in [1.29, 1.82) is 0 Å². The van der Waals surface area contributed by atoms with E-state index in [-0.39, 0.29) is 0 Å². The SMILES string of the molecule is O=C(O)[C@@H]1C(C2[C@@H](C(=O)O)[C@H]2C(=O)O)[C@@H]1C(=O)O. The first kappa shape index (κ1) is 12.3. The Hall–Kier alpha value is -2.12. The molecule has 8 heteroatoms. The van der Waals surface area contributed by atoms with Crippen LogP contribution in [0.15, 0.2) is 0 Å². The molecule has 0 aliphatic heterocycles. The molecule has 6 atom stereocenters. The lowest BCUT2D eigenvalue weighted by Gasteiger charge is -1.92. The molecule has 18 heavy (non-hydrogen) atoms. The fourth-order valence-electron chi connectivity index (χ4n) is 2.90. The van der Waals surface area contributed by atoms with Crippen molar-refractivity contribution in [2.45, 2.75) is 0 Å². The lowest BCUT2D eigenvalue weighted by atomic mass is 10.1. The van der Waals surface area contributed by atoms with E-state index in [1.165, 1.54) is 0 Å². The largest absolute Gasteiger partial charge is 0.481 e. The zero-order valence-electron chi connectivity index (χ0n) is 8.89. The highest BCUT2D eigenvalue weighted by Gasteiger charge is 2.74. The molecule has 0 aromatic carbocycles. The Kier molecular flexibility index (Phi) is 2.53. The maximum atomic E-state index is 10.8. The quantitative estimate of drug-likeness (QED) is 0.493. The molecule has 98 valence electrons. The third kappa shape index (κ3) is 1.60. The van der Waals surface area contributed by atoms with Crippen LogP contribution in [-0.2, 0) is 19.2 Å². The number of aliphatic carboxylic acids is 4. The van der Waals surface area contributed by atoms with Crippen molar-refractivity contribution in [3.05, 3.63) is 0 Å². The molecule has 2 aliphatic carbocycles. The Balaban J connectivity index is 2.18. The lowest BCUT2D eigenvalue weighted by Crippen LogP contribution is -2.05. The first-order valence-corrected chi connectivity index (χ1v) is 5.20. The van der Waals surface area contributed by atoms with Gasteiger partial charge < -0.3 is 20.4 Å². The van der Waals surface area contributed by atoms with Gasteiger partial charge in [0.2, 0.25) is 0 Å². The fraction of sp³-hybridized carbons (Fsp3) is 0.600. The second-order valence-electron chi connectivity index (χ2n) is 4.61. The summed E-state index contributed by atoms with van der Waals surface area (Å²) in [7, 11) is 0. The van der Waals surface area contributed by atoms with Crippen LogP contribution in [0.4, 0.5) is 0 Å². The highest BCUT2D eigenvalue weighted by Crippen LogP contribution is 2.65. The average molecular weight is 258 g/mol. The third-order valence-electron chi connectivity index (χ3n) is 3.74. The predicted molar refractivity (Wildman–Crippen MR) is 51.5 cm³/mol. The molecule has 0 spiro atoms. The van der Waals surface area contributed by atoms with Gasteiger partial charge in [-0.1, -0.05) is 0 Å². The summed E-state index contributed by atoms with van der Waals surface area (Å²) in [5, 5.41) is 35.2. The Bertz CT molecular complexity index is 373. The number of carboxylic acids is 4. The highest BCUT2D eigenvalue weighted by molar-refractivity contribution is 5.90. The zero-order chi connectivity index (χ0) is 13.8. The molecule has 4 N–H and O–H groups in total. The Morgan fingerprint density at radius 3 is 0.778 bits per heavy atom. The van der Waals surface area contributed by atoms with E-state index in [2.05, 4.69) is 0 Å². The molecular weight excluding hydrogens is 248 g/mol. The van der Waals surface area contributed by atoms with Crippen molar-refractivity contribution in [2.24, 2.45) is 35.5 Å². The van der Waals surface area contributed by atoms with E-state index in [0.717, 1.165) is 0 Å². The second-order valence-corrected chi connectivity index (χ2v) is 4.61. The lowest BCUT2D eigenvalue weighted by molar-refractivity contribution is -0.144. The Morgan fingerprint density at radius 2 is 0.667 bits per heavy atom. The van der Waals surface area contributed by atoms with Gasteiger partial charge >= 0.3 is 23.9 Å². The van der Waals surface area contributed by atoms with E-state index < -0.39 is 59.4 Å². The normalized spacial score (nSPS) is 40.9. The fourth-order valence-corrected chi connectivity index (χ4v) is 2.90. The summed E-state index contributed by atoms with van der Waals surface area (Å²) in [5.74, 6) is -11.8.